The Labute approximate surface area is 68.1 Å². The monoisotopic (exact) mass is 157 g/mol. The molecule has 0 atom stereocenters. The summed E-state index contributed by atoms with van der Waals surface area (Å²) >= 11 is 1.33. The van der Waals surface area contributed by atoms with E-state index >= 15 is 0 Å². The molecule has 0 radical (unpaired) electrons. The maximum Gasteiger partial charge on any atom is 0.0352 e. The Balaban J connectivity index is 0. The molecule has 0 saturated carbocycles. The molecule has 0 amide bonds. The van der Waals surface area contributed by atoms with Gasteiger partial charge in [0.05, 0.1) is 0 Å². The quantitative estimate of drug-likeness (QED) is 0.451. The fourth-order valence-corrected chi connectivity index (χ4v) is 0.426. The van der Waals surface area contributed by atoms with Crippen LogP contribution in [-0.2, 0) is 0 Å². The molecular weight excluding hydrogens is 142 g/mol. The predicted octanol–water partition coefficient (Wildman–Crippen LogP) is 3.45. The maximum atomic E-state index is 3.87. The molecule has 0 aliphatic rings. The molecule has 58 valence electrons. The standard InChI is InChI=1S/C6H9NS.C2H6/c1-3-5-6-7-8-4-2;1-2/h3-6H,2H2,1H3;1-2H3/b5-3+,7-6-;. The highest BCUT2D eigenvalue weighted by Gasteiger charge is 1.62. The van der Waals surface area contributed by atoms with Crippen molar-refractivity contribution in [3.8, 4) is 0 Å². The number of allylic oxidation sites excluding steroid dienone is 2. The average molecular weight is 157 g/mol. The maximum absolute atomic E-state index is 3.87. The van der Waals surface area contributed by atoms with Gasteiger partial charge in [0.15, 0.2) is 0 Å². The van der Waals surface area contributed by atoms with E-state index in [0.29, 0.717) is 0 Å². The second-order valence-corrected chi connectivity index (χ2v) is 1.81. The van der Waals surface area contributed by atoms with Crippen molar-refractivity contribution in [2.75, 3.05) is 0 Å². The van der Waals surface area contributed by atoms with Crippen LogP contribution in [0.25, 0.3) is 0 Å². The molecule has 2 heteroatoms. The summed E-state index contributed by atoms with van der Waals surface area (Å²) in [6.45, 7) is 9.43. The van der Waals surface area contributed by atoms with Crippen molar-refractivity contribution in [1.82, 2.24) is 0 Å². The van der Waals surface area contributed by atoms with Gasteiger partial charge < -0.3 is 0 Å². The molecule has 1 nitrogen and oxygen atoms in total. The van der Waals surface area contributed by atoms with Gasteiger partial charge in [0.1, 0.15) is 0 Å². The Bertz CT molecular complexity index is 106. The van der Waals surface area contributed by atoms with Gasteiger partial charge in [0, 0.05) is 18.2 Å². The smallest absolute Gasteiger partial charge is 0.0352 e. The zero-order chi connectivity index (χ0) is 8.24. The minimum absolute atomic E-state index is 1.33. The zero-order valence-corrected chi connectivity index (χ0v) is 7.69. The Morgan fingerprint density at radius 3 is 2.40 bits per heavy atom. The van der Waals surface area contributed by atoms with Crippen LogP contribution in [0.3, 0.4) is 0 Å². The molecule has 0 bridgehead atoms. The van der Waals surface area contributed by atoms with Crippen LogP contribution >= 0.6 is 11.9 Å². The van der Waals surface area contributed by atoms with E-state index in [2.05, 4.69) is 11.0 Å². The van der Waals surface area contributed by atoms with E-state index in [9.17, 15) is 0 Å². The lowest BCUT2D eigenvalue weighted by Gasteiger charge is -1.73. The third kappa shape index (κ3) is 15.6. The minimum atomic E-state index is 1.33. The molecule has 0 aromatic heterocycles. The van der Waals surface area contributed by atoms with Gasteiger partial charge in [-0.1, -0.05) is 26.5 Å². The molecule has 0 spiro atoms. The number of hydrogen-bond acceptors (Lipinski definition) is 2. The van der Waals surface area contributed by atoms with Crippen molar-refractivity contribution in [3.05, 3.63) is 24.1 Å². The van der Waals surface area contributed by atoms with Crippen molar-refractivity contribution in [3.63, 3.8) is 0 Å². The van der Waals surface area contributed by atoms with Crippen molar-refractivity contribution in [1.29, 1.82) is 0 Å². The Morgan fingerprint density at radius 2 is 2.00 bits per heavy atom. The molecule has 0 unspecified atom stereocenters. The fraction of sp³-hybridized carbons (Fsp3) is 0.375. The molecule has 0 rings (SSSR count). The summed E-state index contributed by atoms with van der Waals surface area (Å²) in [6.07, 6.45) is 5.52. The SMILES string of the molecule is C=CS/N=C\C=C\C.CC. The minimum Gasteiger partial charge on any atom is -0.220 e. The fourth-order valence-electron chi connectivity index (χ4n) is 0.199. The van der Waals surface area contributed by atoms with Crippen molar-refractivity contribution in [2.24, 2.45) is 4.40 Å². The summed E-state index contributed by atoms with van der Waals surface area (Å²) in [7, 11) is 0. The lowest BCUT2D eigenvalue weighted by atomic mass is 10.6. The molecule has 0 aliphatic carbocycles. The molecule has 0 heterocycles. The second-order valence-electron chi connectivity index (χ2n) is 1.05. The summed E-state index contributed by atoms with van der Waals surface area (Å²) in [5, 5.41) is 1.68. The van der Waals surface area contributed by atoms with E-state index in [1.54, 1.807) is 11.6 Å². The van der Waals surface area contributed by atoms with Crippen LogP contribution in [0.2, 0.25) is 0 Å². The van der Waals surface area contributed by atoms with E-state index in [0.717, 1.165) is 0 Å². The van der Waals surface area contributed by atoms with Gasteiger partial charge >= 0.3 is 0 Å². The summed E-state index contributed by atoms with van der Waals surface area (Å²) in [5.74, 6) is 0. The van der Waals surface area contributed by atoms with Gasteiger partial charge in [-0.05, 0) is 18.4 Å². The van der Waals surface area contributed by atoms with Crippen LogP contribution < -0.4 is 0 Å². The first-order chi connectivity index (χ1) is 4.91. The summed E-state index contributed by atoms with van der Waals surface area (Å²) < 4.78 is 3.87. The predicted molar refractivity (Wildman–Crippen MR) is 52.4 cm³/mol. The first-order valence-corrected chi connectivity index (χ1v) is 4.17. The van der Waals surface area contributed by atoms with E-state index < -0.39 is 0 Å². The van der Waals surface area contributed by atoms with Gasteiger partial charge in [-0.3, -0.25) is 0 Å². The first-order valence-electron chi connectivity index (χ1n) is 3.33. The second kappa shape index (κ2) is 15.8. The topological polar surface area (TPSA) is 12.4 Å². The van der Waals surface area contributed by atoms with Crippen LogP contribution in [0.15, 0.2) is 28.5 Å². The average Bonchev–Trinajstić information content (AvgIpc) is 2.02. The van der Waals surface area contributed by atoms with Crippen molar-refractivity contribution in [2.45, 2.75) is 20.8 Å². The highest BCUT2D eigenvalue weighted by molar-refractivity contribution is 8.00. The van der Waals surface area contributed by atoms with E-state index in [-0.39, 0.29) is 0 Å². The Kier molecular flexibility index (Phi) is 19.3. The lowest BCUT2D eigenvalue weighted by molar-refractivity contribution is 1.50. The summed E-state index contributed by atoms with van der Waals surface area (Å²) in [4.78, 5) is 0. The summed E-state index contributed by atoms with van der Waals surface area (Å²) in [6, 6.07) is 0. The number of nitrogens with zero attached hydrogens (tertiary/aromatic N) is 1. The third-order valence-electron chi connectivity index (χ3n) is 0.475. The van der Waals surface area contributed by atoms with Gasteiger partial charge in [0.25, 0.3) is 0 Å². The Hall–Kier alpha value is -0.500. The van der Waals surface area contributed by atoms with Gasteiger partial charge in [-0.25, -0.2) is 4.40 Å². The normalized spacial score (nSPS) is 9.50. The molecule has 10 heavy (non-hydrogen) atoms. The van der Waals surface area contributed by atoms with Crippen molar-refractivity contribution < 1.29 is 0 Å². The highest BCUT2D eigenvalue weighted by atomic mass is 32.2. The van der Waals surface area contributed by atoms with Crippen molar-refractivity contribution >= 4 is 18.2 Å². The summed E-state index contributed by atoms with van der Waals surface area (Å²) in [5.41, 5.74) is 0. The third-order valence-corrected chi connectivity index (χ3v) is 0.867. The van der Waals surface area contributed by atoms with Crippen LogP contribution in [0, 0.1) is 0 Å². The highest BCUT2D eigenvalue weighted by Crippen LogP contribution is 1.98. The zero-order valence-electron chi connectivity index (χ0n) is 6.87. The van der Waals surface area contributed by atoms with Crippen LogP contribution in [0.5, 0.6) is 0 Å². The molecule has 0 N–H and O–H groups in total. The largest absolute Gasteiger partial charge is 0.220 e. The van der Waals surface area contributed by atoms with Crippen LogP contribution in [-0.4, -0.2) is 6.21 Å². The molecule has 0 aromatic carbocycles. The number of hydrogen-bond donors (Lipinski definition) is 0. The number of rotatable bonds is 3. The van der Waals surface area contributed by atoms with E-state index in [4.69, 9.17) is 0 Å². The van der Waals surface area contributed by atoms with E-state index in [1.165, 1.54) is 11.9 Å². The van der Waals surface area contributed by atoms with Crippen LogP contribution in [0.1, 0.15) is 20.8 Å². The van der Waals surface area contributed by atoms with E-state index in [1.807, 2.05) is 32.9 Å². The molecule has 0 saturated heterocycles. The van der Waals surface area contributed by atoms with Gasteiger partial charge in [-0.2, -0.15) is 0 Å². The first kappa shape index (κ1) is 12.2. The van der Waals surface area contributed by atoms with Gasteiger partial charge in [0.2, 0.25) is 0 Å². The Morgan fingerprint density at radius 1 is 1.40 bits per heavy atom. The lowest BCUT2D eigenvalue weighted by Crippen LogP contribution is -1.55. The molecule has 0 fully saturated rings. The van der Waals surface area contributed by atoms with Gasteiger partial charge in [-0.15, -0.1) is 0 Å². The van der Waals surface area contributed by atoms with Crippen LogP contribution in [0.4, 0.5) is 0 Å². The molecular formula is C8H15NS. The molecule has 0 aromatic rings. The molecule has 0 aliphatic heterocycles.